The van der Waals surface area contributed by atoms with Crippen LogP contribution in [0.2, 0.25) is 0 Å². The van der Waals surface area contributed by atoms with Crippen LogP contribution >= 0.6 is 15.9 Å². The lowest BCUT2D eigenvalue weighted by Gasteiger charge is -2.00. The second kappa shape index (κ2) is 3.79. The molecule has 2 rings (SSSR count). The van der Waals surface area contributed by atoms with Gasteiger partial charge in [-0.2, -0.15) is 0 Å². The van der Waals surface area contributed by atoms with Crippen LogP contribution < -0.4 is 10.4 Å². The van der Waals surface area contributed by atoms with Crippen LogP contribution in [-0.4, -0.2) is 5.33 Å². The summed E-state index contributed by atoms with van der Waals surface area (Å²) in [6.07, 6.45) is 5.66. The third-order valence-corrected chi connectivity index (χ3v) is 2.46. The molecule has 0 N–H and O–H groups in total. The highest BCUT2D eigenvalue weighted by molar-refractivity contribution is 9.09. The summed E-state index contributed by atoms with van der Waals surface area (Å²) >= 11 is 3.41. The summed E-state index contributed by atoms with van der Waals surface area (Å²) in [5, 5.41) is 3.09. The molecule has 0 aromatic heterocycles. The lowest BCUT2D eigenvalue weighted by molar-refractivity contribution is 0.429. The SMILES string of the molecule is BrCC1=c2ccccc2=CC=CO1. The number of rotatable bonds is 1. The molecule has 13 heavy (non-hydrogen) atoms. The van der Waals surface area contributed by atoms with Gasteiger partial charge in [-0.3, -0.25) is 0 Å². The monoisotopic (exact) mass is 236 g/mol. The average Bonchev–Trinajstić information content (AvgIpc) is 2.39. The minimum absolute atomic E-state index is 0.738. The van der Waals surface area contributed by atoms with E-state index in [2.05, 4.69) is 28.1 Å². The molecule has 0 fully saturated rings. The standard InChI is InChI=1S/C11H9BrO/c12-8-11-10-6-2-1-4-9(10)5-3-7-13-11/h1-7H,8H2. The minimum atomic E-state index is 0.738. The van der Waals surface area contributed by atoms with Crippen molar-refractivity contribution < 1.29 is 4.74 Å². The Morgan fingerprint density at radius 2 is 2.08 bits per heavy atom. The lowest BCUT2D eigenvalue weighted by atomic mass is 10.2. The van der Waals surface area contributed by atoms with Gasteiger partial charge in [0.1, 0.15) is 5.76 Å². The maximum absolute atomic E-state index is 5.44. The molecule has 1 heterocycles. The number of hydrogen-bond acceptors (Lipinski definition) is 1. The number of benzene rings is 1. The highest BCUT2D eigenvalue weighted by Gasteiger charge is 1.98. The topological polar surface area (TPSA) is 9.23 Å². The normalized spacial score (nSPS) is 14.1. The number of halogens is 1. The number of ether oxygens (including phenoxy) is 1. The molecule has 0 atom stereocenters. The predicted octanol–water partition coefficient (Wildman–Crippen LogP) is 1.51. The van der Waals surface area contributed by atoms with Crippen LogP contribution in [0.15, 0.2) is 36.6 Å². The summed E-state index contributed by atoms with van der Waals surface area (Å²) < 4.78 is 5.44. The van der Waals surface area contributed by atoms with E-state index >= 15 is 0 Å². The molecule has 0 bridgehead atoms. The Hall–Kier alpha value is -1.02. The average molecular weight is 237 g/mol. The number of fused-ring (bicyclic) bond motifs is 1. The van der Waals surface area contributed by atoms with E-state index in [0.29, 0.717) is 0 Å². The van der Waals surface area contributed by atoms with E-state index in [-0.39, 0.29) is 0 Å². The second-order valence-corrected chi connectivity index (χ2v) is 3.32. The largest absolute Gasteiger partial charge is 0.468 e. The van der Waals surface area contributed by atoms with Gasteiger partial charge in [0.2, 0.25) is 0 Å². The zero-order chi connectivity index (χ0) is 9.10. The third kappa shape index (κ3) is 1.68. The lowest BCUT2D eigenvalue weighted by Crippen LogP contribution is -2.26. The van der Waals surface area contributed by atoms with Gasteiger partial charge in [-0.15, -0.1) is 0 Å². The third-order valence-electron chi connectivity index (χ3n) is 1.95. The Balaban J connectivity index is 2.80. The molecule has 0 saturated heterocycles. The van der Waals surface area contributed by atoms with Crippen molar-refractivity contribution in [3.63, 3.8) is 0 Å². The molecule has 1 aliphatic rings. The Labute approximate surface area is 85.2 Å². The van der Waals surface area contributed by atoms with E-state index in [4.69, 9.17) is 4.74 Å². The van der Waals surface area contributed by atoms with Crippen LogP contribution in [0, 0.1) is 0 Å². The first-order valence-corrected chi connectivity index (χ1v) is 5.21. The predicted molar refractivity (Wildman–Crippen MR) is 57.6 cm³/mol. The van der Waals surface area contributed by atoms with E-state index in [1.807, 2.05) is 24.3 Å². The summed E-state index contributed by atoms with van der Waals surface area (Å²) in [5.74, 6) is 0.959. The van der Waals surface area contributed by atoms with Gasteiger partial charge in [0.15, 0.2) is 0 Å². The fourth-order valence-electron chi connectivity index (χ4n) is 1.33. The van der Waals surface area contributed by atoms with Gasteiger partial charge in [-0.05, 0) is 11.3 Å². The molecule has 0 saturated carbocycles. The fourth-order valence-corrected chi connectivity index (χ4v) is 1.76. The fraction of sp³-hybridized carbons (Fsp3) is 0.0909. The summed E-state index contributed by atoms with van der Waals surface area (Å²) in [5.41, 5.74) is 0. The van der Waals surface area contributed by atoms with E-state index < -0.39 is 0 Å². The van der Waals surface area contributed by atoms with Crippen molar-refractivity contribution in [1.82, 2.24) is 0 Å². The molecule has 0 radical (unpaired) electrons. The summed E-state index contributed by atoms with van der Waals surface area (Å²) in [4.78, 5) is 0. The molecule has 66 valence electrons. The maximum Gasteiger partial charge on any atom is 0.121 e. The first-order chi connectivity index (χ1) is 6.42. The zero-order valence-corrected chi connectivity index (χ0v) is 8.62. The van der Waals surface area contributed by atoms with E-state index in [1.54, 1.807) is 6.26 Å². The molecule has 1 nitrogen and oxygen atoms in total. The first-order valence-electron chi connectivity index (χ1n) is 4.09. The van der Waals surface area contributed by atoms with Gasteiger partial charge in [0.05, 0.1) is 11.6 Å². The summed E-state index contributed by atoms with van der Waals surface area (Å²) in [6.45, 7) is 0. The number of alkyl halides is 1. The second-order valence-electron chi connectivity index (χ2n) is 2.76. The van der Waals surface area contributed by atoms with Crippen molar-refractivity contribution in [2.24, 2.45) is 0 Å². The van der Waals surface area contributed by atoms with E-state index in [0.717, 1.165) is 16.3 Å². The van der Waals surface area contributed by atoms with Gasteiger partial charge in [0.25, 0.3) is 0 Å². The number of hydrogen-bond donors (Lipinski definition) is 0. The van der Waals surface area contributed by atoms with Crippen molar-refractivity contribution >= 4 is 27.8 Å². The zero-order valence-electron chi connectivity index (χ0n) is 7.03. The molecule has 1 aliphatic heterocycles. The van der Waals surface area contributed by atoms with Crippen molar-refractivity contribution in [1.29, 1.82) is 0 Å². The summed E-state index contributed by atoms with van der Waals surface area (Å²) in [7, 11) is 0. The van der Waals surface area contributed by atoms with Crippen LogP contribution in [-0.2, 0) is 4.74 Å². The van der Waals surface area contributed by atoms with E-state index in [9.17, 15) is 0 Å². The molecule has 0 spiro atoms. The Bertz CT molecular complexity index is 445. The van der Waals surface area contributed by atoms with Crippen LogP contribution in [0.5, 0.6) is 0 Å². The van der Waals surface area contributed by atoms with E-state index in [1.165, 1.54) is 5.22 Å². The van der Waals surface area contributed by atoms with Gasteiger partial charge < -0.3 is 4.74 Å². The molecule has 1 aromatic rings. The first kappa shape index (κ1) is 8.57. The van der Waals surface area contributed by atoms with Crippen molar-refractivity contribution in [2.75, 3.05) is 5.33 Å². The van der Waals surface area contributed by atoms with Gasteiger partial charge in [-0.1, -0.05) is 46.3 Å². The van der Waals surface area contributed by atoms with Crippen LogP contribution in [0.3, 0.4) is 0 Å². The Morgan fingerprint density at radius 1 is 1.23 bits per heavy atom. The van der Waals surface area contributed by atoms with Gasteiger partial charge in [-0.25, -0.2) is 0 Å². The molecule has 0 amide bonds. The molecular formula is C11H9BrO. The Kier molecular flexibility index (Phi) is 2.50. The molecular weight excluding hydrogens is 228 g/mol. The highest BCUT2D eigenvalue weighted by Crippen LogP contribution is 2.02. The molecule has 2 heteroatoms. The van der Waals surface area contributed by atoms with Gasteiger partial charge >= 0.3 is 0 Å². The van der Waals surface area contributed by atoms with Crippen LogP contribution in [0.1, 0.15) is 0 Å². The van der Waals surface area contributed by atoms with Crippen molar-refractivity contribution in [3.8, 4) is 0 Å². The highest BCUT2D eigenvalue weighted by atomic mass is 79.9. The molecule has 0 unspecified atom stereocenters. The molecule has 1 aromatic carbocycles. The maximum atomic E-state index is 5.44. The van der Waals surface area contributed by atoms with Crippen molar-refractivity contribution in [3.05, 3.63) is 47.0 Å². The summed E-state index contributed by atoms with van der Waals surface area (Å²) in [6, 6.07) is 8.19. The number of allylic oxidation sites excluding steroid dienone is 1. The molecule has 0 aliphatic carbocycles. The van der Waals surface area contributed by atoms with Crippen LogP contribution in [0.25, 0.3) is 11.8 Å². The van der Waals surface area contributed by atoms with Crippen molar-refractivity contribution in [2.45, 2.75) is 0 Å². The Morgan fingerprint density at radius 3 is 2.92 bits per heavy atom. The van der Waals surface area contributed by atoms with Gasteiger partial charge in [0, 0.05) is 5.22 Å². The smallest absolute Gasteiger partial charge is 0.121 e. The quantitative estimate of drug-likeness (QED) is 0.673. The van der Waals surface area contributed by atoms with Crippen LogP contribution in [0.4, 0.5) is 0 Å². The minimum Gasteiger partial charge on any atom is -0.468 e.